The Morgan fingerprint density at radius 1 is 1.48 bits per heavy atom. The summed E-state index contributed by atoms with van der Waals surface area (Å²) in [5.74, 6) is -0.279. The Balaban J connectivity index is 1.97. The van der Waals surface area contributed by atoms with Crippen molar-refractivity contribution in [2.45, 2.75) is 25.8 Å². The lowest BCUT2D eigenvalue weighted by atomic mass is 9.95. The van der Waals surface area contributed by atoms with E-state index in [0.29, 0.717) is 6.54 Å². The van der Waals surface area contributed by atoms with Crippen LogP contribution in [0.25, 0.3) is 0 Å². The average Bonchev–Trinajstić information content (AvgIpc) is 2.54. The largest absolute Gasteiger partial charge is 0.379 e. The number of ether oxygens (including phenoxy) is 1. The van der Waals surface area contributed by atoms with Gasteiger partial charge in [0, 0.05) is 31.2 Å². The fourth-order valence-corrected chi connectivity index (χ4v) is 2.40. The number of carbonyl (C=O) groups excluding carboxylic acids is 1. The predicted octanol–water partition coefficient (Wildman–Crippen LogP) is 0.000600. The number of rotatable bonds is 5. The highest BCUT2D eigenvalue weighted by Gasteiger charge is 2.31. The van der Waals surface area contributed by atoms with E-state index in [0.717, 1.165) is 32.7 Å². The molecule has 7 heteroatoms. The normalized spacial score (nSPS) is 19.0. The van der Waals surface area contributed by atoms with Gasteiger partial charge in [0.2, 0.25) is 0 Å². The van der Waals surface area contributed by atoms with Crippen molar-refractivity contribution >= 4 is 5.91 Å². The van der Waals surface area contributed by atoms with Crippen molar-refractivity contribution in [2.24, 2.45) is 0 Å². The summed E-state index contributed by atoms with van der Waals surface area (Å²) in [5, 5.41) is 8.90. The first-order valence-electron chi connectivity index (χ1n) is 7.22. The van der Waals surface area contributed by atoms with Gasteiger partial charge < -0.3 is 10.1 Å². The van der Waals surface area contributed by atoms with E-state index < -0.39 is 0 Å². The van der Waals surface area contributed by atoms with Gasteiger partial charge in [0.1, 0.15) is 5.69 Å². The summed E-state index contributed by atoms with van der Waals surface area (Å²) in [5.41, 5.74) is -0.213. The van der Waals surface area contributed by atoms with E-state index in [1.54, 1.807) is 0 Å². The number of morpholine rings is 1. The smallest absolute Gasteiger partial charge is 0.271 e. The molecule has 1 aliphatic heterocycles. The molecule has 2 heterocycles. The fraction of sp³-hybridized carbons (Fsp3) is 0.643. The van der Waals surface area contributed by atoms with Gasteiger partial charge in [-0.3, -0.25) is 14.5 Å². The van der Waals surface area contributed by atoms with E-state index in [4.69, 9.17) is 4.74 Å². The van der Waals surface area contributed by atoms with E-state index >= 15 is 0 Å². The molecular weight excluding hydrogens is 272 g/mol. The molecule has 0 spiro atoms. The van der Waals surface area contributed by atoms with Crippen LogP contribution in [-0.2, 0) is 4.74 Å². The number of aromatic amines is 1. The topological polar surface area (TPSA) is 87.3 Å². The molecule has 21 heavy (non-hydrogen) atoms. The van der Waals surface area contributed by atoms with Crippen molar-refractivity contribution in [1.29, 1.82) is 0 Å². The van der Waals surface area contributed by atoms with Gasteiger partial charge in [0.15, 0.2) is 0 Å². The second-order valence-electron chi connectivity index (χ2n) is 5.44. The molecule has 1 saturated heterocycles. The third-order valence-electron chi connectivity index (χ3n) is 4.08. The molecule has 0 radical (unpaired) electrons. The molecule has 1 aliphatic rings. The highest BCUT2D eigenvalue weighted by atomic mass is 16.5. The van der Waals surface area contributed by atoms with Crippen LogP contribution in [-0.4, -0.2) is 59.4 Å². The molecule has 2 rings (SSSR count). The molecular formula is C14H22N4O3. The first-order chi connectivity index (χ1) is 10.0. The van der Waals surface area contributed by atoms with Gasteiger partial charge in [-0.05, 0) is 19.4 Å². The van der Waals surface area contributed by atoms with Gasteiger partial charge >= 0.3 is 0 Å². The number of nitrogens with zero attached hydrogens (tertiary/aromatic N) is 2. The first-order valence-corrected chi connectivity index (χ1v) is 7.22. The number of nitrogens with one attached hydrogen (secondary N) is 2. The van der Waals surface area contributed by atoms with Crippen LogP contribution >= 0.6 is 0 Å². The fourth-order valence-electron chi connectivity index (χ4n) is 2.40. The maximum atomic E-state index is 12.1. The lowest BCUT2D eigenvalue weighted by Gasteiger charge is -2.43. The number of aromatic nitrogens is 2. The minimum Gasteiger partial charge on any atom is -0.379 e. The van der Waals surface area contributed by atoms with Crippen molar-refractivity contribution in [1.82, 2.24) is 20.4 Å². The number of H-pyrrole nitrogens is 1. The van der Waals surface area contributed by atoms with Gasteiger partial charge in [-0.1, -0.05) is 6.92 Å². The van der Waals surface area contributed by atoms with Crippen LogP contribution in [0.2, 0.25) is 0 Å². The van der Waals surface area contributed by atoms with Crippen LogP contribution in [0.4, 0.5) is 0 Å². The Labute approximate surface area is 123 Å². The molecule has 2 N–H and O–H groups in total. The molecule has 1 fully saturated rings. The van der Waals surface area contributed by atoms with E-state index in [9.17, 15) is 9.59 Å². The summed E-state index contributed by atoms with van der Waals surface area (Å²) >= 11 is 0. The molecule has 1 aromatic rings. The lowest BCUT2D eigenvalue weighted by molar-refractivity contribution is -0.0169. The molecule has 1 amide bonds. The minimum absolute atomic E-state index is 0.109. The van der Waals surface area contributed by atoms with E-state index in [1.165, 1.54) is 12.1 Å². The standard InChI is InChI=1S/C14H22N4O3/c1-3-14(2,18-6-8-21-9-7-18)10-15-13(20)11-4-5-12(19)17-16-11/h4-5H,3,6-10H2,1-2H3,(H,15,20)(H,17,19). The van der Waals surface area contributed by atoms with E-state index in [1.807, 2.05) is 0 Å². The summed E-state index contributed by atoms with van der Waals surface area (Å²) in [6, 6.07) is 2.72. The summed E-state index contributed by atoms with van der Waals surface area (Å²) in [6.45, 7) is 7.98. The summed E-state index contributed by atoms with van der Waals surface area (Å²) in [4.78, 5) is 25.4. The summed E-state index contributed by atoms with van der Waals surface area (Å²) in [7, 11) is 0. The SMILES string of the molecule is CCC(C)(CNC(=O)c1ccc(=O)[nH]n1)N1CCOCC1. The molecule has 116 valence electrons. The molecule has 0 bridgehead atoms. The number of amides is 1. The molecule has 1 atom stereocenters. The van der Waals surface area contributed by atoms with Crippen molar-refractivity contribution in [3.05, 3.63) is 28.2 Å². The Bertz CT molecular complexity index is 519. The molecule has 0 aliphatic carbocycles. The first kappa shape index (κ1) is 15.7. The van der Waals surface area contributed by atoms with Crippen LogP contribution in [0, 0.1) is 0 Å². The Hall–Kier alpha value is -1.73. The van der Waals surface area contributed by atoms with Gasteiger partial charge in [-0.2, -0.15) is 5.10 Å². The number of hydrogen-bond donors (Lipinski definition) is 2. The number of carbonyl (C=O) groups is 1. The Kier molecular flexibility index (Phi) is 5.08. The molecule has 1 unspecified atom stereocenters. The maximum absolute atomic E-state index is 12.1. The predicted molar refractivity (Wildman–Crippen MR) is 78.3 cm³/mol. The minimum atomic E-state index is -0.321. The monoisotopic (exact) mass is 294 g/mol. The number of hydrogen-bond acceptors (Lipinski definition) is 5. The highest BCUT2D eigenvalue weighted by molar-refractivity contribution is 5.92. The Morgan fingerprint density at radius 3 is 2.76 bits per heavy atom. The lowest BCUT2D eigenvalue weighted by Crippen LogP contribution is -2.56. The maximum Gasteiger partial charge on any atom is 0.271 e. The second-order valence-corrected chi connectivity index (χ2v) is 5.44. The van der Waals surface area contributed by atoms with Gasteiger partial charge in [-0.25, -0.2) is 5.10 Å². The zero-order valence-electron chi connectivity index (χ0n) is 12.5. The van der Waals surface area contributed by atoms with Crippen LogP contribution in [0.5, 0.6) is 0 Å². The average molecular weight is 294 g/mol. The van der Waals surface area contributed by atoms with Crippen molar-refractivity contribution in [3.63, 3.8) is 0 Å². The highest BCUT2D eigenvalue weighted by Crippen LogP contribution is 2.20. The van der Waals surface area contributed by atoms with Crippen molar-refractivity contribution < 1.29 is 9.53 Å². The van der Waals surface area contributed by atoms with Gasteiger partial charge in [0.05, 0.1) is 13.2 Å². The van der Waals surface area contributed by atoms with Gasteiger partial charge in [0.25, 0.3) is 11.5 Å². The van der Waals surface area contributed by atoms with Crippen molar-refractivity contribution in [2.75, 3.05) is 32.8 Å². The molecule has 7 nitrogen and oxygen atoms in total. The Morgan fingerprint density at radius 2 is 2.19 bits per heavy atom. The quantitative estimate of drug-likeness (QED) is 0.798. The summed E-state index contributed by atoms with van der Waals surface area (Å²) in [6.07, 6.45) is 0.923. The van der Waals surface area contributed by atoms with Gasteiger partial charge in [-0.15, -0.1) is 0 Å². The van der Waals surface area contributed by atoms with Crippen molar-refractivity contribution in [3.8, 4) is 0 Å². The zero-order chi connectivity index (χ0) is 15.3. The molecule has 1 aromatic heterocycles. The third-order valence-corrected chi connectivity index (χ3v) is 4.08. The van der Waals surface area contributed by atoms with Crippen LogP contribution in [0.1, 0.15) is 30.8 Å². The zero-order valence-corrected chi connectivity index (χ0v) is 12.5. The molecule has 0 aromatic carbocycles. The van der Waals surface area contributed by atoms with Crippen LogP contribution < -0.4 is 10.9 Å². The second kappa shape index (κ2) is 6.82. The van der Waals surface area contributed by atoms with Crippen LogP contribution in [0.15, 0.2) is 16.9 Å². The third kappa shape index (κ3) is 3.89. The van der Waals surface area contributed by atoms with E-state index in [-0.39, 0.29) is 22.7 Å². The van der Waals surface area contributed by atoms with E-state index in [2.05, 4.69) is 34.3 Å². The molecule has 0 saturated carbocycles. The summed E-state index contributed by atoms with van der Waals surface area (Å²) < 4.78 is 5.37. The van der Waals surface area contributed by atoms with Crippen LogP contribution in [0.3, 0.4) is 0 Å².